The summed E-state index contributed by atoms with van der Waals surface area (Å²) in [6, 6.07) is 8.56. The van der Waals surface area contributed by atoms with Gasteiger partial charge in [-0.1, -0.05) is 12.1 Å². The third-order valence-corrected chi connectivity index (χ3v) is 3.78. The largest absolute Gasteiger partial charge is 0.295 e. The predicted octanol–water partition coefficient (Wildman–Crippen LogP) is 3.51. The second-order valence-corrected chi connectivity index (χ2v) is 5.26. The molecule has 1 aromatic carbocycles. The number of halogens is 1. The molecule has 5 heteroatoms. The molecule has 2 rings (SSSR count). The molecule has 1 atom stereocenters. The van der Waals surface area contributed by atoms with E-state index in [2.05, 4.69) is 16.0 Å². The standard InChI is InChI=1S/C15H14FN3S/c1-11-10-20-15(19-11)13(8-17)9-18-7-6-12-2-4-14(16)5-3-12/h2-5,9-10,13H,6-7H2,1H3/t13-/m1/s1. The second kappa shape index (κ2) is 6.92. The lowest BCUT2D eigenvalue weighted by Gasteiger charge is -1.99. The quantitative estimate of drug-likeness (QED) is 0.790. The molecule has 0 spiro atoms. The molecular formula is C15H14FN3S. The molecule has 0 saturated carbocycles. The van der Waals surface area contributed by atoms with Crippen LogP contribution in [0.5, 0.6) is 0 Å². The van der Waals surface area contributed by atoms with E-state index in [1.807, 2.05) is 12.3 Å². The van der Waals surface area contributed by atoms with Crippen LogP contribution in [-0.4, -0.2) is 17.7 Å². The van der Waals surface area contributed by atoms with Crippen molar-refractivity contribution in [2.45, 2.75) is 19.3 Å². The summed E-state index contributed by atoms with van der Waals surface area (Å²) in [6.07, 6.45) is 2.37. The highest BCUT2D eigenvalue weighted by atomic mass is 32.1. The molecule has 0 radical (unpaired) electrons. The smallest absolute Gasteiger partial charge is 0.133 e. The summed E-state index contributed by atoms with van der Waals surface area (Å²) in [7, 11) is 0. The Labute approximate surface area is 121 Å². The van der Waals surface area contributed by atoms with Crippen LogP contribution >= 0.6 is 11.3 Å². The highest BCUT2D eigenvalue weighted by molar-refractivity contribution is 7.09. The van der Waals surface area contributed by atoms with Crippen LogP contribution in [0.4, 0.5) is 4.39 Å². The number of aryl methyl sites for hydroxylation is 1. The van der Waals surface area contributed by atoms with Crippen LogP contribution in [0.2, 0.25) is 0 Å². The predicted molar refractivity (Wildman–Crippen MR) is 78.7 cm³/mol. The van der Waals surface area contributed by atoms with Crippen molar-refractivity contribution in [1.82, 2.24) is 4.98 Å². The van der Waals surface area contributed by atoms with Gasteiger partial charge in [-0.25, -0.2) is 9.37 Å². The van der Waals surface area contributed by atoms with Crippen LogP contribution in [0, 0.1) is 24.1 Å². The first-order valence-electron chi connectivity index (χ1n) is 6.25. The van der Waals surface area contributed by atoms with E-state index in [0.717, 1.165) is 22.7 Å². The van der Waals surface area contributed by atoms with Gasteiger partial charge >= 0.3 is 0 Å². The molecule has 0 N–H and O–H groups in total. The SMILES string of the molecule is Cc1csc([C@H](C#N)C=NCCc2ccc(F)cc2)n1. The molecule has 0 saturated heterocycles. The van der Waals surface area contributed by atoms with E-state index in [9.17, 15) is 4.39 Å². The molecule has 20 heavy (non-hydrogen) atoms. The van der Waals surface area contributed by atoms with Crippen LogP contribution in [0.3, 0.4) is 0 Å². The summed E-state index contributed by atoms with van der Waals surface area (Å²) in [6.45, 7) is 2.48. The van der Waals surface area contributed by atoms with Crippen molar-refractivity contribution in [2.75, 3.05) is 6.54 Å². The highest BCUT2D eigenvalue weighted by Gasteiger charge is 2.11. The van der Waals surface area contributed by atoms with Crippen molar-refractivity contribution in [3.63, 3.8) is 0 Å². The van der Waals surface area contributed by atoms with Crippen molar-refractivity contribution < 1.29 is 4.39 Å². The molecule has 2 aromatic rings. The zero-order chi connectivity index (χ0) is 14.4. The molecule has 0 aliphatic carbocycles. The number of nitriles is 1. The first-order chi connectivity index (χ1) is 9.69. The summed E-state index contributed by atoms with van der Waals surface area (Å²) in [5.41, 5.74) is 1.95. The third-order valence-electron chi connectivity index (χ3n) is 2.74. The Kier molecular flexibility index (Phi) is 4.97. The van der Waals surface area contributed by atoms with Crippen LogP contribution in [0.25, 0.3) is 0 Å². The second-order valence-electron chi connectivity index (χ2n) is 4.37. The fourth-order valence-corrected chi connectivity index (χ4v) is 2.49. The maximum Gasteiger partial charge on any atom is 0.133 e. The Morgan fingerprint density at radius 3 is 2.80 bits per heavy atom. The zero-order valence-corrected chi connectivity index (χ0v) is 11.9. The summed E-state index contributed by atoms with van der Waals surface area (Å²) in [5, 5.41) is 11.8. The maximum absolute atomic E-state index is 12.7. The Morgan fingerprint density at radius 2 is 2.20 bits per heavy atom. The average molecular weight is 287 g/mol. The lowest BCUT2D eigenvalue weighted by Crippen LogP contribution is -1.98. The number of rotatable bonds is 5. The van der Waals surface area contributed by atoms with Gasteiger partial charge < -0.3 is 0 Å². The number of hydrogen-bond donors (Lipinski definition) is 0. The van der Waals surface area contributed by atoms with Crippen molar-refractivity contribution in [3.05, 3.63) is 51.7 Å². The number of hydrogen-bond acceptors (Lipinski definition) is 4. The Hall–Kier alpha value is -2.06. The molecular weight excluding hydrogens is 273 g/mol. The van der Waals surface area contributed by atoms with Gasteiger partial charge in [0.05, 0.1) is 6.07 Å². The maximum atomic E-state index is 12.7. The van der Waals surface area contributed by atoms with E-state index in [1.165, 1.54) is 23.5 Å². The van der Waals surface area contributed by atoms with E-state index in [4.69, 9.17) is 5.26 Å². The fraction of sp³-hybridized carbons (Fsp3) is 0.267. The normalized spacial score (nSPS) is 12.4. The minimum Gasteiger partial charge on any atom is -0.295 e. The number of nitrogens with zero attached hydrogens (tertiary/aromatic N) is 3. The summed E-state index contributed by atoms with van der Waals surface area (Å²) in [4.78, 5) is 8.56. The van der Waals surface area contributed by atoms with Crippen LogP contribution in [0.15, 0.2) is 34.6 Å². The Morgan fingerprint density at radius 1 is 1.45 bits per heavy atom. The minimum atomic E-state index is -0.387. The van der Waals surface area contributed by atoms with Gasteiger partial charge in [0.25, 0.3) is 0 Å². The van der Waals surface area contributed by atoms with Gasteiger partial charge in [0, 0.05) is 23.8 Å². The van der Waals surface area contributed by atoms with E-state index in [0.29, 0.717) is 6.54 Å². The van der Waals surface area contributed by atoms with Crippen LogP contribution < -0.4 is 0 Å². The summed E-state index contributed by atoms with van der Waals surface area (Å²) >= 11 is 1.47. The van der Waals surface area contributed by atoms with Gasteiger partial charge in [-0.15, -0.1) is 11.3 Å². The third kappa shape index (κ3) is 3.97. The molecule has 0 unspecified atom stereocenters. The van der Waals surface area contributed by atoms with E-state index in [1.54, 1.807) is 18.3 Å². The van der Waals surface area contributed by atoms with Crippen molar-refractivity contribution in [1.29, 1.82) is 5.26 Å². The first-order valence-corrected chi connectivity index (χ1v) is 7.13. The first kappa shape index (κ1) is 14.4. The van der Waals surface area contributed by atoms with Gasteiger partial charge in [0.2, 0.25) is 0 Å². The topological polar surface area (TPSA) is 49.0 Å². The summed E-state index contributed by atoms with van der Waals surface area (Å²) in [5.74, 6) is -0.622. The van der Waals surface area contributed by atoms with Crippen molar-refractivity contribution in [3.8, 4) is 6.07 Å². The number of thiazole rings is 1. The van der Waals surface area contributed by atoms with Crippen LogP contribution in [-0.2, 0) is 6.42 Å². The zero-order valence-electron chi connectivity index (χ0n) is 11.1. The molecule has 0 aliphatic rings. The van der Waals surface area contributed by atoms with Gasteiger partial charge in [0.15, 0.2) is 0 Å². The van der Waals surface area contributed by atoms with Gasteiger partial charge in [-0.05, 0) is 31.0 Å². The van der Waals surface area contributed by atoms with Gasteiger partial charge in [-0.2, -0.15) is 5.26 Å². The molecule has 1 aromatic heterocycles. The molecule has 3 nitrogen and oxygen atoms in total. The lowest BCUT2D eigenvalue weighted by molar-refractivity contribution is 0.627. The van der Waals surface area contributed by atoms with Gasteiger partial charge in [0.1, 0.15) is 16.7 Å². The molecule has 102 valence electrons. The molecule has 0 fully saturated rings. The Bertz CT molecular complexity index is 625. The number of aromatic nitrogens is 1. The fourth-order valence-electron chi connectivity index (χ4n) is 1.69. The summed E-state index contributed by atoms with van der Waals surface area (Å²) < 4.78 is 12.7. The Balaban J connectivity index is 1.89. The number of benzene rings is 1. The highest BCUT2D eigenvalue weighted by Crippen LogP contribution is 2.18. The minimum absolute atomic E-state index is 0.235. The van der Waals surface area contributed by atoms with Gasteiger partial charge in [-0.3, -0.25) is 4.99 Å². The van der Waals surface area contributed by atoms with Crippen molar-refractivity contribution in [2.24, 2.45) is 4.99 Å². The van der Waals surface area contributed by atoms with Crippen molar-refractivity contribution >= 4 is 17.6 Å². The molecule has 0 bridgehead atoms. The van der Waals surface area contributed by atoms with E-state index >= 15 is 0 Å². The van der Waals surface area contributed by atoms with E-state index < -0.39 is 0 Å². The molecule has 0 amide bonds. The van der Waals surface area contributed by atoms with Crippen LogP contribution in [0.1, 0.15) is 22.2 Å². The average Bonchev–Trinajstić information content (AvgIpc) is 2.87. The molecule has 0 aliphatic heterocycles. The molecule has 1 heterocycles. The van der Waals surface area contributed by atoms with E-state index in [-0.39, 0.29) is 11.7 Å². The number of aliphatic imine (C=N–C) groups is 1. The lowest BCUT2D eigenvalue weighted by atomic mass is 10.1. The monoisotopic (exact) mass is 287 g/mol.